The predicted molar refractivity (Wildman–Crippen MR) is 125 cm³/mol. The monoisotopic (exact) mass is 517 g/mol. The Labute approximate surface area is 195 Å². The molecular formula is C18H24ClN6O6P2+. The number of benzene rings is 1. The third-order valence-electron chi connectivity index (χ3n) is 4.76. The van der Waals surface area contributed by atoms with Gasteiger partial charge in [-0.3, -0.25) is 4.74 Å². The van der Waals surface area contributed by atoms with E-state index in [1.807, 2.05) is 19.9 Å². The van der Waals surface area contributed by atoms with E-state index in [4.69, 9.17) is 16.3 Å². The molecule has 0 radical (unpaired) electrons. The van der Waals surface area contributed by atoms with Crippen molar-refractivity contribution in [2.45, 2.75) is 25.2 Å². The van der Waals surface area contributed by atoms with Crippen molar-refractivity contribution in [1.29, 1.82) is 0 Å². The van der Waals surface area contributed by atoms with Crippen LogP contribution in [0.15, 0.2) is 30.6 Å². The molecule has 0 aliphatic rings. The molecule has 0 aliphatic carbocycles. The van der Waals surface area contributed by atoms with E-state index in [-0.39, 0.29) is 18.5 Å². The molecule has 2 aromatic heterocycles. The maximum atomic E-state index is 11.5. The molecule has 33 heavy (non-hydrogen) atoms. The van der Waals surface area contributed by atoms with Gasteiger partial charge in [0.15, 0.2) is 17.0 Å². The predicted octanol–water partition coefficient (Wildman–Crippen LogP) is 3.02. The molecule has 3 rings (SSSR count). The highest BCUT2D eigenvalue weighted by molar-refractivity contribution is 7.62. The summed E-state index contributed by atoms with van der Waals surface area (Å²) in [7, 11) is -5.21. The lowest BCUT2D eigenvalue weighted by atomic mass is 10.1. The average Bonchev–Trinajstić information content (AvgIpc) is 3.11. The number of rotatable bonds is 10. The fourth-order valence-electron chi connectivity index (χ4n) is 2.81. The number of ether oxygens (including phenoxy) is 1. The molecule has 3 atom stereocenters. The Balaban J connectivity index is 1.90. The minimum absolute atomic E-state index is 0.142. The van der Waals surface area contributed by atoms with E-state index < -0.39 is 27.4 Å². The minimum Gasteiger partial charge on any atom is -0.349 e. The van der Waals surface area contributed by atoms with Gasteiger partial charge >= 0.3 is 21.3 Å². The molecule has 0 saturated heterocycles. The molecule has 0 bridgehead atoms. The minimum atomic E-state index is -5.20. The van der Waals surface area contributed by atoms with Crippen molar-refractivity contribution >= 4 is 56.3 Å². The quantitative estimate of drug-likeness (QED) is 0.198. The summed E-state index contributed by atoms with van der Waals surface area (Å²) in [6.07, 6.45) is 1.59. The fourth-order valence-corrected chi connectivity index (χ4v) is 3.86. The number of halogens is 1. The van der Waals surface area contributed by atoms with Gasteiger partial charge in [-0.25, -0.2) is 9.55 Å². The zero-order chi connectivity index (χ0) is 24.4. The van der Waals surface area contributed by atoms with Crippen molar-refractivity contribution < 1.29 is 28.8 Å². The molecule has 0 fully saturated rings. The molecule has 3 aromatic rings. The van der Waals surface area contributed by atoms with Crippen LogP contribution in [0.5, 0.6) is 0 Å². The smallest absolute Gasteiger partial charge is 0.349 e. The third-order valence-corrected chi connectivity index (χ3v) is 7.47. The summed E-state index contributed by atoms with van der Waals surface area (Å²) in [4.78, 5) is 31.8. The van der Waals surface area contributed by atoms with E-state index in [0.717, 1.165) is 0 Å². The van der Waals surface area contributed by atoms with Gasteiger partial charge in [0.05, 0.1) is 19.0 Å². The zero-order valence-corrected chi connectivity index (χ0v) is 20.6. The van der Waals surface area contributed by atoms with Crippen LogP contribution in [0.3, 0.4) is 0 Å². The molecule has 5 N–H and O–H groups in total. The summed E-state index contributed by atoms with van der Waals surface area (Å²) in [6, 6.07) is 6.47. The van der Waals surface area contributed by atoms with Crippen LogP contribution in [0.25, 0.3) is 11.2 Å². The van der Waals surface area contributed by atoms with E-state index >= 15 is 0 Å². The van der Waals surface area contributed by atoms with Crippen LogP contribution < -0.4 is 10.6 Å². The molecule has 15 heteroatoms. The Hall–Kier alpha value is -2.17. The number of hydrogen-bond acceptors (Lipinski definition) is 9. The summed E-state index contributed by atoms with van der Waals surface area (Å²) in [6.45, 7) is 3.27. The molecule has 0 saturated carbocycles. The molecule has 0 amide bonds. The molecule has 12 nitrogen and oxygen atoms in total. The van der Waals surface area contributed by atoms with E-state index in [0.29, 0.717) is 27.7 Å². The number of aliphatic hydroxyl groups is 1. The SMILES string of the molecule is CC(C)C(COC(O)([PH+]=O)P(=O)(O)O)Nc1nc(Nc2cccc(Cl)c2)c2ncn(C)c2n1. The highest BCUT2D eigenvalue weighted by Crippen LogP contribution is 2.55. The molecule has 2 heterocycles. The second kappa shape index (κ2) is 9.99. The Morgan fingerprint density at radius 1 is 1.33 bits per heavy atom. The summed E-state index contributed by atoms with van der Waals surface area (Å²) in [5.74, 6) is 0.444. The first-order valence-corrected chi connectivity index (χ1v) is 12.6. The molecule has 0 aliphatic heterocycles. The molecule has 3 unspecified atom stereocenters. The molecule has 178 valence electrons. The van der Waals surface area contributed by atoms with Gasteiger partial charge in [0, 0.05) is 17.8 Å². The fraction of sp³-hybridized carbons (Fsp3) is 0.389. The number of nitrogens with zero attached hydrogens (tertiary/aromatic N) is 4. The Kier molecular flexibility index (Phi) is 7.70. The van der Waals surface area contributed by atoms with Crippen LogP contribution in [0.1, 0.15) is 13.8 Å². The molecule has 0 spiro atoms. The number of fused-ring (bicyclic) bond motifs is 1. The third kappa shape index (κ3) is 5.85. The number of nitrogens with one attached hydrogen (secondary N) is 2. The standard InChI is InChI=1S/C18H23ClN6O6P2/c1-10(2)13(8-31-18(26,32-27)33(28,29)30)22-17-23-15(14-16(24-17)25(3)9-20-14)21-12-6-4-5-11(19)7-12/h4-7,9-10,13,26H,8H2,1-3H3,(H2,28,29,30)(H2,21,22,23,24)/p+1. The van der Waals surface area contributed by atoms with Gasteiger partial charge in [0.2, 0.25) is 5.95 Å². The normalized spacial score (nSPS) is 15.0. The highest BCUT2D eigenvalue weighted by atomic mass is 35.5. The number of aromatic nitrogens is 4. The lowest BCUT2D eigenvalue weighted by Gasteiger charge is -2.25. The van der Waals surface area contributed by atoms with Gasteiger partial charge in [-0.1, -0.05) is 36.1 Å². The van der Waals surface area contributed by atoms with Crippen molar-refractivity contribution in [2.75, 3.05) is 17.2 Å². The number of imidazole rings is 1. The van der Waals surface area contributed by atoms with Crippen molar-refractivity contribution in [2.24, 2.45) is 13.0 Å². The Morgan fingerprint density at radius 3 is 2.67 bits per heavy atom. The second-order valence-electron chi connectivity index (χ2n) is 7.62. The summed E-state index contributed by atoms with van der Waals surface area (Å²) in [5.41, 5.74) is 1.73. The lowest BCUT2D eigenvalue weighted by Crippen LogP contribution is -2.36. The van der Waals surface area contributed by atoms with Crippen molar-refractivity contribution in [3.05, 3.63) is 35.6 Å². The Bertz CT molecular complexity index is 1200. The first-order valence-electron chi connectivity index (χ1n) is 9.73. The number of hydrogen-bond donors (Lipinski definition) is 5. The summed E-state index contributed by atoms with van der Waals surface area (Å²) >= 11 is 6.07. The van der Waals surface area contributed by atoms with Crippen molar-refractivity contribution in [3.8, 4) is 0 Å². The van der Waals surface area contributed by atoms with Crippen molar-refractivity contribution in [1.82, 2.24) is 19.5 Å². The van der Waals surface area contributed by atoms with Crippen LogP contribution in [-0.2, 0) is 20.9 Å². The average molecular weight is 518 g/mol. The first kappa shape index (κ1) is 25.5. The topological polar surface area (TPSA) is 172 Å². The van der Waals surface area contributed by atoms with Gasteiger partial charge in [0.25, 0.3) is 0 Å². The van der Waals surface area contributed by atoms with Crippen LogP contribution in [0, 0.1) is 5.92 Å². The maximum Gasteiger partial charge on any atom is 0.471 e. The van der Waals surface area contributed by atoms with Crippen LogP contribution in [0.2, 0.25) is 5.02 Å². The first-order chi connectivity index (χ1) is 15.4. The van der Waals surface area contributed by atoms with Gasteiger partial charge in [-0.15, -0.1) is 0 Å². The zero-order valence-electron chi connectivity index (χ0n) is 17.9. The second-order valence-corrected chi connectivity index (χ2v) is 11.1. The van der Waals surface area contributed by atoms with Gasteiger partial charge < -0.3 is 30.1 Å². The van der Waals surface area contributed by atoms with E-state index in [9.17, 15) is 24.0 Å². The molecular weight excluding hydrogens is 494 g/mol. The Morgan fingerprint density at radius 2 is 2.06 bits per heavy atom. The number of anilines is 3. The van der Waals surface area contributed by atoms with E-state index in [1.54, 1.807) is 36.1 Å². The van der Waals surface area contributed by atoms with Gasteiger partial charge in [0.1, 0.15) is 0 Å². The van der Waals surface area contributed by atoms with E-state index in [1.165, 1.54) is 0 Å². The van der Waals surface area contributed by atoms with Crippen molar-refractivity contribution in [3.63, 3.8) is 0 Å². The summed E-state index contributed by atoms with van der Waals surface area (Å²) < 4.78 is 29.4. The van der Waals surface area contributed by atoms with Crippen LogP contribution >= 0.6 is 27.7 Å². The number of aryl methyl sites for hydroxylation is 1. The van der Waals surface area contributed by atoms with Gasteiger partial charge in [-0.05, 0) is 24.1 Å². The lowest BCUT2D eigenvalue weighted by molar-refractivity contribution is -0.0925. The van der Waals surface area contributed by atoms with Gasteiger partial charge in [-0.2, -0.15) is 9.97 Å². The molecule has 1 aromatic carbocycles. The van der Waals surface area contributed by atoms with Crippen LogP contribution in [0.4, 0.5) is 17.5 Å². The maximum absolute atomic E-state index is 11.5. The van der Waals surface area contributed by atoms with E-state index in [2.05, 4.69) is 25.6 Å². The highest BCUT2D eigenvalue weighted by Gasteiger charge is 2.57. The largest absolute Gasteiger partial charge is 0.471 e. The van der Waals surface area contributed by atoms with Crippen LogP contribution in [-0.4, -0.2) is 52.3 Å². The summed E-state index contributed by atoms with van der Waals surface area (Å²) in [5, 5.41) is 13.6.